The number of aromatic nitrogens is 2. The quantitative estimate of drug-likeness (QED) is 0.217. The molecule has 2 aromatic heterocycles. The summed E-state index contributed by atoms with van der Waals surface area (Å²) in [5, 5.41) is 19.1. The molecule has 9 nitrogen and oxygen atoms in total. The number of hydrogen-bond donors (Lipinski definition) is 1. The van der Waals surface area contributed by atoms with Gasteiger partial charge in [-0.05, 0) is 35.9 Å². The summed E-state index contributed by atoms with van der Waals surface area (Å²) < 4.78 is 12.5. The lowest BCUT2D eigenvalue weighted by atomic mass is 10.2. The van der Waals surface area contributed by atoms with E-state index in [0.717, 1.165) is 5.56 Å². The van der Waals surface area contributed by atoms with E-state index < -0.39 is 10.8 Å². The molecule has 12 heteroatoms. The SMILES string of the molecule is O=C(Nc1nn(Cc2ccc(Cl)c(Cl)c2)cc1Cl)c1ccc(COc2ccccc2[N+](=O)[O-])o1. The first-order valence-corrected chi connectivity index (χ1v) is 10.9. The fourth-order valence-electron chi connectivity index (χ4n) is 3.01. The summed E-state index contributed by atoms with van der Waals surface area (Å²) in [4.78, 5) is 23.1. The van der Waals surface area contributed by atoms with Crippen LogP contribution in [0.1, 0.15) is 21.9 Å². The summed E-state index contributed by atoms with van der Waals surface area (Å²) >= 11 is 18.2. The van der Waals surface area contributed by atoms with E-state index in [9.17, 15) is 14.9 Å². The molecule has 4 aromatic rings. The number of nitrogens with zero attached hydrogens (tertiary/aromatic N) is 3. The number of nitro groups is 1. The van der Waals surface area contributed by atoms with Crippen LogP contribution in [0.15, 0.2) is 65.2 Å². The van der Waals surface area contributed by atoms with Gasteiger partial charge in [-0.15, -0.1) is 0 Å². The first-order valence-electron chi connectivity index (χ1n) is 9.73. The molecule has 0 atom stereocenters. The average molecular weight is 522 g/mol. The monoisotopic (exact) mass is 520 g/mol. The number of hydrogen-bond acceptors (Lipinski definition) is 6. The van der Waals surface area contributed by atoms with Crippen LogP contribution in [-0.2, 0) is 13.2 Å². The number of amides is 1. The zero-order valence-corrected chi connectivity index (χ0v) is 19.5. The molecule has 1 N–H and O–H groups in total. The lowest BCUT2D eigenvalue weighted by molar-refractivity contribution is -0.386. The molecule has 0 bridgehead atoms. The second-order valence-electron chi connectivity index (χ2n) is 7.01. The summed E-state index contributed by atoms with van der Waals surface area (Å²) in [6.45, 7) is 0.261. The van der Waals surface area contributed by atoms with Crippen molar-refractivity contribution in [2.75, 3.05) is 5.32 Å². The number of carbonyl (C=O) groups is 1. The van der Waals surface area contributed by atoms with Crippen molar-refractivity contribution in [3.05, 3.63) is 103 Å². The summed E-state index contributed by atoms with van der Waals surface area (Å²) in [7, 11) is 0. The van der Waals surface area contributed by atoms with Crippen molar-refractivity contribution in [1.29, 1.82) is 0 Å². The van der Waals surface area contributed by atoms with Crippen molar-refractivity contribution in [2.45, 2.75) is 13.2 Å². The highest BCUT2D eigenvalue weighted by atomic mass is 35.5. The van der Waals surface area contributed by atoms with Gasteiger partial charge in [-0.3, -0.25) is 19.6 Å². The smallest absolute Gasteiger partial charge is 0.310 e. The minimum Gasteiger partial charge on any atom is -0.479 e. The van der Waals surface area contributed by atoms with Gasteiger partial charge in [0.2, 0.25) is 0 Å². The molecule has 0 unspecified atom stereocenters. The number of nitrogens with one attached hydrogen (secondary N) is 1. The van der Waals surface area contributed by atoms with Crippen LogP contribution >= 0.6 is 34.8 Å². The number of carbonyl (C=O) groups excluding carboxylic acids is 1. The molecule has 0 fully saturated rings. The molecule has 0 saturated heterocycles. The molecule has 0 aliphatic carbocycles. The first-order chi connectivity index (χ1) is 16.3. The molecule has 4 rings (SSSR count). The largest absolute Gasteiger partial charge is 0.479 e. The van der Waals surface area contributed by atoms with Gasteiger partial charge in [-0.2, -0.15) is 5.10 Å². The van der Waals surface area contributed by atoms with E-state index >= 15 is 0 Å². The van der Waals surface area contributed by atoms with Crippen molar-refractivity contribution in [1.82, 2.24) is 9.78 Å². The Kier molecular flexibility index (Phi) is 7.06. The van der Waals surface area contributed by atoms with Gasteiger partial charge < -0.3 is 14.5 Å². The summed E-state index contributed by atoms with van der Waals surface area (Å²) in [5.41, 5.74) is 0.680. The van der Waals surface area contributed by atoms with Gasteiger partial charge in [0.1, 0.15) is 17.4 Å². The number of furan rings is 1. The van der Waals surface area contributed by atoms with Crippen LogP contribution in [0.3, 0.4) is 0 Å². The third-order valence-electron chi connectivity index (χ3n) is 4.59. The molecule has 2 aromatic carbocycles. The number of benzene rings is 2. The van der Waals surface area contributed by atoms with Gasteiger partial charge in [0.25, 0.3) is 5.91 Å². The average Bonchev–Trinajstić information content (AvgIpc) is 3.41. The predicted octanol–water partition coefficient (Wildman–Crippen LogP) is 6.22. The number of anilines is 1. The molecule has 0 saturated carbocycles. The van der Waals surface area contributed by atoms with Crippen molar-refractivity contribution < 1.29 is 18.9 Å². The van der Waals surface area contributed by atoms with Crippen LogP contribution in [0, 0.1) is 10.1 Å². The van der Waals surface area contributed by atoms with Gasteiger partial charge in [-0.1, -0.05) is 53.0 Å². The zero-order chi connectivity index (χ0) is 24.2. The molecule has 174 valence electrons. The summed E-state index contributed by atoms with van der Waals surface area (Å²) in [6, 6.07) is 14.2. The molecule has 0 aliphatic rings. The Bertz CT molecular complexity index is 1370. The fraction of sp³-hybridized carbons (Fsp3) is 0.0909. The molecule has 0 spiro atoms. The maximum absolute atomic E-state index is 12.6. The lowest BCUT2D eigenvalue weighted by Crippen LogP contribution is -2.12. The van der Waals surface area contributed by atoms with E-state index in [-0.39, 0.29) is 34.6 Å². The van der Waals surface area contributed by atoms with Crippen LogP contribution in [0.25, 0.3) is 0 Å². The van der Waals surface area contributed by atoms with Crippen LogP contribution in [-0.4, -0.2) is 20.6 Å². The Morgan fingerprint density at radius 1 is 1.09 bits per heavy atom. The van der Waals surface area contributed by atoms with Gasteiger partial charge in [-0.25, -0.2) is 0 Å². The Morgan fingerprint density at radius 2 is 1.88 bits per heavy atom. The third kappa shape index (κ3) is 5.51. The van der Waals surface area contributed by atoms with Crippen LogP contribution in [0.5, 0.6) is 5.75 Å². The molecule has 34 heavy (non-hydrogen) atoms. The van der Waals surface area contributed by atoms with Crippen molar-refractivity contribution in [2.24, 2.45) is 0 Å². The van der Waals surface area contributed by atoms with E-state index in [1.807, 2.05) is 0 Å². The standard InChI is InChI=1S/C22H15Cl3N4O5/c23-15-7-5-13(9-16(15)24)10-28-11-17(25)21(27-28)26-22(30)20-8-6-14(34-20)12-33-19-4-2-1-3-18(19)29(31)32/h1-9,11H,10,12H2,(H,26,27,30). The minimum absolute atomic E-state index is 0.00346. The number of halogens is 3. The molecular formula is C22H15Cl3N4O5. The maximum Gasteiger partial charge on any atom is 0.310 e. The minimum atomic E-state index is -0.571. The highest BCUT2D eigenvalue weighted by molar-refractivity contribution is 6.42. The predicted molar refractivity (Wildman–Crippen MR) is 127 cm³/mol. The number of ether oxygens (including phenoxy) is 1. The van der Waals surface area contributed by atoms with Crippen LogP contribution in [0.4, 0.5) is 11.5 Å². The topological polar surface area (TPSA) is 112 Å². The Labute approximate surface area is 207 Å². The van der Waals surface area contributed by atoms with Gasteiger partial charge in [0.05, 0.1) is 21.5 Å². The number of rotatable bonds is 8. The van der Waals surface area contributed by atoms with E-state index in [2.05, 4.69) is 10.4 Å². The zero-order valence-electron chi connectivity index (χ0n) is 17.2. The Balaban J connectivity index is 1.39. The van der Waals surface area contributed by atoms with Crippen LogP contribution < -0.4 is 10.1 Å². The molecule has 0 aliphatic heterocycles. The highest BCUT2D eigenvalue weighted by Gasteiger charge is 2.18. The van der Waals surface area contributed by atoms with Crippen molar-refractivity contribution in [3.8, 4) is 5.75 Å². The van der Waals surface area contributed by atoms with E-state index in [1.165, 1.54) is 30.3 Å². The van der Waals surface area contributed by atoms with E-state index in [0.29, 0.717) is 22.4 Å². The normalized spacial score (nSPS) is 10.8. The van der Waals surface area contributed by atoms with Gasteiger partial charge in [0.15, 0.2) is 17.3 Å². The summed E-state index contributed by atoms with van der Waals surface area (Å²) in [5.74, 6) is -0.0236. The Hall–Kier alpha value is -3.53. The summed E-state index contributed by atoms with van der Waals surface area (Å²) in [6.07, 6.45) is 1.56. The van der Waals surface area contributed by atoms with Crippen molar-refractivity contribution in [3.63, 3.8) is 0 Å². The third-order valence-corrected chi connectivity index (χ3v) is 5.61. The molecule has 1 amide bonds. The second kappa shape index (κ2) is 10.2. The lowest BCUT2D eigenvalue weighted by Gasteiger charge is -2.05. The fourth-order valence-corrected chi connectivity index (χ4v) is 3.53. The first kappa shape index (κ1) is 23.6. The van der Waals surface area contributed by atoms with E-state index in [1.54, 1.807) is 35.1 Å². The molecule has 0 radical (unpaired) electrons. The van der Waals surface area contributed by atoms with E-state index in [4.69, 9.17) is 44.0 Å². The van der Waals surface area contributed by atoms with Crippen LogP contribution in [0.2, 0.25) is 15.1 Å². The Morgan fingerprint density at radius 3 is 2.65 bits per heavy atom. The van der Waals surface area contributed by atoms with Gasteiger partial charge >= 0.3 is 5.69 Å². The molecular weight excluding hydrogens is 507 g/mol. The van der Waals surface area contributed by atoms with Crippen molar-refractivity contribution >= 4 is 52.2 Å². The second-order valence-corrected chi connectivity index (χ2v) is 8.23. The highest BCUT2D eigenvalue weighted by Crippen LogP contribution is 2.27. The number of nitro benzene ring substituents is 1. The van der Waals surface area contributed by atoms with Gasteiger partial charge in [0, 0.05) is 12.3 Å². The molecule has 2 heterocycles. The maximum atomic E-state index is 12.6. The number of para-hydroxylation sites is 2.